The van der Waals surface area contributed by atoms with Gasteiger partial charge in [0.2, 0.25) is 11.8 Å². The number of allylic oxidation sites excluding steroid dienone is 4. The van der Waals surface area contributed by atoms with E-state index in [0.717, 1.165) is 0 Å². The molecule has 6 atom stereocenters. The summed E-state index contributed by atoms with van der Waals surface area (Å²) in [6.45, 7) is 0. The normalized spacial score (nSPS) is 28.9. The molecule has 226 valence electrons. The van der Waals surface area contributed by atoms with Crippen molar-refractivity contribution in [2.24, 2.45) is 29.4 Å². The summed E-state index contributed by atoms with van der Waals surface area (Å²) in [5.41, 5.74) is 6.33. The van der Waals surface area contributed by atoms with Crippen LogP contribution in [0.3, 0.4) is 0 Å². The molecule has 45 heavy (non-hydrogen) atoms. The van der Waals surface area contributed by atoms with E-state index < -0.39 is 52.8 Å². The fourth-order valence-corrected chi connectivity index (χ4v) is 8.41. The zero-order valence-electron chi connectivity index (χ0n) is 24.4. The lowest BCUT2D eigenvalue weighted by atomic mass is 9.44. The third-order valence-electron chi connectivity index (χ3n) is 10.1. The van der Waals surface area contributed by atoms with Gasteiger partial charge in [0.1, 0.15) is 11.5 Å². The molecule has 4 amide bonds. The van der Waals surface area contributed by atoms with E-state index in [0.29, 0.717) is 32.9 Å². The van der Waals surface area contributed by atoms with Gasteiger partial charge in [-0.1, -0.05) is 78.4 Å². The van der Waals surface area contributed by atoms with E-state index in [1.54, 1.807) is 48.5 Å². The van der Waals surface area contributed by atoms with Crippen LogP contribution in [0.1, 0.15) is 35.4 Å². The summed E-state index contributed by atoms with van der Waals surface area (Å²) in [5, 5.41) is 11.5. The van der Waals surface area contributed by atoms with Crippen LogP contribution in [-0.4, -0.2) is 46.5 Å². The number of methoxy groups -OCH3 is 1. The summed E-state index contributed by atoms with van der Waals surface area (Å²) in [7, 11) is 1.46. The number of nitrogens with two attached hydrogens (primary N) is 1. The molecule has 9 nitrogen and oxygen atoms in total. The second kappa shape index (κ2) is 10.4. The van der Waals surface area contributed by atoms with Crippen LogP contribution in [0.4, 0.5) is 4.79 Å². The third kappa shape index (κ3) is 3.89. The molecule has 6 unspecified atom stereocenters. The monoisotopic (exact) mass is 602 g/mol. The van der Waals surface area contributed by atoms with E-state index in [4.69, 9.17) is 10.5 Å². The molecule has 7 rings (SSSR count). The van der Waals surface area contributed by atoms with Crippen molar-refractivity contribution in [3.8, 4) is 11.5 Å². The number of urea groups is 1. The minimum Gasteiger partial charge on any atom is -0.508 e. The number of ketones is 2. The smallest absolute Gasteiger partial charge is 0.328 e. The number of phenols is 1. The van der Waals surface area contributed by atoms with E-state index in [9.17, 15) is 29.1 Å². The van der Waals surface area contributed by atoms with E-state index >= 15 is 0 Å². The Morgan fingerprint density at radius 1 is 0.911 bits per heavy atom. The Hall–Kier alpha value is -5.31. The van der Waals surface area contributed by atoms with Gasteiger partial charge in [0.15, 0.2) is 11.6 Å². The Morgan fingerprint density at radius 2 is 1.60 bits per heavy atom. The van der Waals surface area contributed by atoms with Crippen molar-refractivity contribution in [3.63, 3.8) is 0 Å². The van der Waals surface area contributed by atoms with Gasteiger partial charge in [-0.2, -0.15) is 4.90 Å². The van der Waals surface area contributed by atoms with Crippen molar-refractivity contribution < 1.29 is 33.8 Å². The van der Waals surface area contributed by atoms with E-state index in [1.807, 2.05) is 30.3 Å². The molecule has 9 heteroatoms. The van der Waals surface area contributed by atoms with Gasteiger partial charge in [-0.3, -0.25) is 19.2 Å². The van der Waals surface area contributed by atoms with Gasteiger partial charge in [-0.25, -0.2) is 4.79 Å². The Morgan fingerprint density at radius 3 is 2.27 bits per heavy atom. The molecule has 3 N–H and O–H groups in total. The highest BCUT2D eigenvalue weighted by Crippen LogP contribution is 2.65. The predicted molar refractivity (Wildman–Crippen MR) is 163 cm³/mol. The van der Waals surface area contributed by atoms with Crippen LogP contribution in [-0.2, 0) is 24.6 Å². The van der Waals surface area contributed by atoms with Crippen LogP contribution in [0.15, 0.2) is 96.6 Å². The second-order valence-electron chi connectivity index (χ2n) is 12.0. The topological polar surface area (TPSA) is 144 Å². The van der Waals surface area contributed by atoms with Gasteiger partial charge in [0.05, 0.1) is 24.4 Å². The summed E-state index contributed by atoms with van der Waals surface area (Å²) in [6, 6.07) is 21.6. The number of benzene rings is 3. The van der Waals surface area contributed by atoms with Gasteiger partial charge in [-0.15, -0.1) is 0 Å². The average Bonchev–Trinajstić information content (AvgIpc) is 3.32. The number of amides is 4. The van der Waals surface area contributed by atoms with Crippen LogP contribution in [0.25, 0.3) is 5.57 Å². The van der Waals surface area contributed by atoms with Crippen molar-refractivity contribution in [1.29, 1.82) is 0 Å². The number of hydrogen-bond donors (Lipinski definition) is 2. The quantitative estimate of drug-likeness (QED) is 0.335. The molecule has 4 aliphatic rings. The Labute approximate surface area is 259 Å². The molecule has 0 aromatic heterocycles. The lowest BCUT2D eigenvalue weighted by Gasteiger charge is -2.55. The Kier molecular flexibility index (Phi) is 6.58. The van der Waals surface area contributed by atoms with Gasteiger partial charge in [0.25, 0.3) is 0 Å². The summed E-state index contributed by atoms with van der Waals surface area (Å²) in [4.78, 5) is 69.6. The number of hydrogen-bond acceptors (Lipinski definition) is 7. The van der Waals surface area contributed by atoms with Crippen molar-refractivity contribution in [2.45, 2.75) is 24.2 Å². The molecule has 1 saturated carbocycles. The van der Waals surface area contributed by atoms with Gasteiger partial charge < -0.3 is 15.6 Å². The first-order valence-corrected chi connectivity index (χ1v) is 14.9. The average molecular weight is 603 g/mol. The minimum atomic E-state index is -1.52. The fourth-order valence-electron chi connectivity index (χ4n) is 8.41. The standard InChI is InChI=1S/C36H30N2O7/c1-45-27-14-8-13-26(39)30(27)31-21-15-16-22-29(34(43)38(33(22)42)35(37)44)24(21)17-25-32(41)23(19-9-4-2-5-10-19)18-28(40)36(25,31)20-11-6-3-7-12-20/h2-15,18,22,24-25,29,31,39H,16-17H2,1H3,(H2,37,44). The molecule has 3 aromatic rings. The first-order valence-electron chi connectivity index (χ1n) is 14.9. The maximum atomic E-state index is 15.0. The van der Waals surface area contributed by atoms with Crippen LogP contribution < -0.4 is 10.5 Å². The molecule has 0 bridgehead atoms. The highest BCUT2D eigenvalue weighted by molar-refractivity contribution is 6.31. The number of imide groups is 3. The Balaban J connectivity index is 1.55. The number of nitrogens with zero attached hydrogens (tertiary/aromatic N) is 1. The van der Waals surface area contributed by atoms with E-state index in [2.05, 4.69) is 0 Å². The summed E-state index contributed by atoms with van der Waals surface area (Å²) in [5.74, 6) is -6.25. The lowest BCUT2D eigenvalue weighted by Crippen LogP contribution is -2.59. The third-order valence-corrected chi connectivity index (χ3v) is 10.1. The van der Waals surface area contributed by atoms with Gasteiger partial charge in [-0.05, 0) is 48.1 Å². The lowest BCUT2D eigenvalue weighted by molar-refractivity contribution is -0.137. The first kappa shape index (κ1) is 28.5. The zero-order chi connectivity index (χ0) is 31.6. The number of phenolic OH excluding ortho intramolecular Hbond substituents is 1. The summed E-state index contributed by atoms with van der Waals surface area (Å²) < 4.78 is 5.76. The Bertz CT molecular complexity index is 1850. The van der Waals surface area contributed by atoms with Crippen molar-refractivity contribution in [3.05, 3.63) is 113 Å². The largest absolute Gasteiger partial charge is 0.508 e. The van der Waals surface area contributed by atoms with Crippen molar-refractivity contribution in [2.75, 3.05) is 7.11 Å². The number of Topliss-reactive ketones (excluding diaryl/α,β-unsaturated/α-hetero) is 1. The second-order valence-corrected chi connectivity index (χ2v) is 12.0. The van der Waals surface area contributed by atoms with Crippen molar-refractivity contribution >= 4 is 35.0 Å². The molecule has 3 aromatic carbocycles. The van der Waals surface area contributed by atoms with Crippen LogP contribution >= 0.6 is 0 Å². The molecule has 0 radical (unpaired) electrons. The maximum absolute atomic E-state index is 15.0. The summed E-state index contributed by atoms with van der Waals surface area (Å²) in [6.07, 6.45) is 3.44. The zero-order valence-corrected chi connectivity index (χ0v) is 24.4. The molecule has 3 aliphatic carbocycles. The van der Waals surface area contributed by atoms with Gasteiger partial charge in [0, 0.05) is 23.0 Å². The molecule has 1 aliphatic heterocycles. The highest BCUT2D eigenvalue weighted by atomic mass is 16.5. The van der Waals surface area contributed by atoms with Crippen LogP contribution in [0.5, 0.6) is 11.5 Å². The van der Waals surface area contributed by atoms with E-state index in [1.165, 1.54) is 19.3 Å². The molecule has 0 spiro atoms. The molecule has 1 saturated heterocycles. The summed E-state index contributed by atoms with van der Waals surface area (Å²) >= 11 is 0. The van der Waals surface area contributed by atoms with Crippen LogP contribution in [0, 0.1) is 23.7 Å². The molecular formula is C36H30N2O7. The number of likely N-dealkylation sites (tertiary alicyclic amines) is 1. The number of rotatable bonds is 4. The fraction of sp³-hybridized carbons (Fsp3) is 0.250. The predicted octanol–water partition coefficient (Wildman–Crippen LogP) is 4.30. The van der Waals surface area contributed by atoms with Crippen molar-refractivity contribution in [1.82, 2.24) is 4.90 Å². The molecule has 1 heterocycles. The number of primary amides is 1. The minimum absolute atomic E-state index is 0.0642. The molecule has 2 fully saturated rings. The number of ether oxygens (including phenoxy) is 1. The van der Waals surface area contributed by atoms with Gasteiger partial charge >= 0.3 is 6.03 Å². The molecular weight excluding hydrogens is 572 g/mol. The van der Waals surface area contributed by atoms with Crippen LogP contribution in [0.2, 0.25) is 0 Å². The SMILES string of the molecule is COc1cccc(O)c1C1C2=CCC3C(=O)N(C(N)=O)C(=O)C3C2CC2C(=O)C(c3ccccc3)=CC(=O)C21c1ccccc1. The number of aromatic hydroxyl groups is 1. The highest BCUT2D eigenvalue weighted by Gasteiger charge is 2.66. The maximum Gasteiger partial charge on any atom is 0.328 e. The number of carbonyl (C=O) groups excluding carboxylic acids is 5. The van der Waals surface area contributed by atoms with E-state index in [-0.39, 0.29) is 35.7 Å². The first-order chi connectivity index (χ1) is 21.7. The number of carbonyl (C=O) groups is 5. The number of fused-ring (bicyclic) bond motifs is 4.